The van der Waals surface area contributed by atoms with E-state index in [0.29, 0.717) is 25.6 Å². The largest absolute Gasteiger partial charge is 0.342 e. The Labute approximate surface area is 127 Å². The van der Waals surface area contributed by atoms with Crippen molar-refractivity contribution in [1.82, 2.24) is 19.8 Å². The van der Waals surface area contributed by atoms with E-state index in [2.05, 4.69) is 31.7 Å². The van der Waals surface area contributed by atoms with Gasteiger partial charge in [0.05, 0.1) is 12.8 Å². The number of aliphatic imine (C=N–C) groups is 1. The first kappa shape index (κ1) is 13.0. The lowest BCUT2D eigenvalue weighted by atomic mass is 10.1. The molecule has 3 aliphatic rings. The summed E-state index contributed by atoms with van der Waals surface area (Å²) in [5.74, 6) is 1.65. The third-order valence-electron chi connectivity index (χ3n) is 4.12. The van der Waals surface area contributed by atoms with Crippen molar-refractivity contribution in [3.63, 3.8) is 0 Å². The molecule has 0 amide bonds. The van der Waals surface area contributed by atoms with E-state index in [1.54, 1.807) is 0 Å². The average molecular weight is 297 g/mol. The molecule has 1 N–H and O–H groups in total. The summed E-state index contributed by atoms with van der Waals surface area (Å²) in [6.07, 6.45) is 10.3. The number of nitrogens with zero attached hydrogens (tertiary/aromatic N) is 5. The standard InChI is InChI=1S/C15H17N6O/c1-2-13-17-4-6-19(13)9-11-3-5-21(22)15-14(11)20-10-16-7-12(20)8-18-15/h3-4,6-8,18H,2,5,9-10H2,1H3/q+1. The van der Waals surface area contributed by atoms with Gasteiger partial charge in [-0.15, -0.1) is 0 Å². The molecule has 112 valence electrons. The molecule has 0 aliphatic carbocycles. The molecule has 0 atom stereocenters. The van der Waals surface area contributed by atoms with E-state index < -0.39 is 0 Å². The van der Waals surface area contributed by atoms with E-state index >= 15 is 0 Å². The zero-order valence-electron chi connectivity index (χ0n) is 12.4. The van der Waals surface area contributed by atoms with Gasteiger partial charge in [0.15, 0.2) is 6.54 Å². The molecule has 1 aromatic heterocycles. The van der Waals surface area contributed by atoms with Crippen LogP contribution < -0.4 is 5.32 Å². The van der Waals surface area contributed by atoms with Gasteiger partial charge in [0.25, 0.3) is 0 Å². The fraction of sp³-hybridized carbons (Fsp3) is 0.333. The Morgan fingerprint density at radius 3 is 3.23 bits per heavy atom. The van der Waals surface area contributed by atoms with E-state index in [-0.39, 0.29) is 0 Å². The van der Waals surface area contributed by atoms with Crippen LogP contribution >= 0.6 is 0 Å². The summed E-state index contributed by atoms with van der Waals surface area (Å²) in [4.78, 5) is 22.9. The van der Waals surface area contributed by atoms with Gasteiger partial charge in [-0.1, -0.05) is 11.8 Å². The normalized spacial score (nSPS) is 19.7. The fourth-order valence-corrected chi connectivity index (χ4v) is 3.04. The first-order valence-corrected chi connectivity index (χ1v) is 7.40. The highest BCUT2D eigenvalue weighted by atomic mass is 16.3. The number of rotatable bonds is 3. The summed E-state index contributed by atoms with van der Waals surface area (Å²) in [7, 11) is 0. The Hall–Kier alpha value is -2.70. The molecule has 7 nitrogen and oxygen atoms in total. The minimum atomic E-state index is 0.356. The van der Waals surface area contributed by atoms with Crippen molar-refractivity contribution in [3.05, 3.63) is 58.2 Å². The number of nitroso groups, excluding NO2 is 1. The first-order valence-electron chi connectivity index (χ1n) is 7.40. The van der Waals surface area contributed by atoms with Gasteiger partial charge in [0.2, 0.25) is 0 Å². The van der Waals surface area contributed by atoms with Crippen molar-refractivity contribution in [1.29, 1.82) is 0 Å². The molecule has 22 heavy (non-hydrogen) atoms. The Morgan fingerprint density at radius 1 is 1.45 bits per heavy atom. The summed E-state index contributed by atoms with van der Waals surface area (Å²) in [5.41, 5.74) is 3.03. The molecular weight excluding hydrogens is 280 g/mol. The van der Waals surface area contributed by atoms with Gasteiger partial charge >= 0.3 is 5.82 Å². The second-order valence-corrected chi connectivity index (χ2v) is 5.41. The number of hydrogen-bond donors (Lipinski definition) is 1. The van der Waals surface area contributed by atoms with Crippen LogP contribution in [0.2, 0.25) is 0 Å². The smallest absolute Gasteiger partial charge is 0.330 e. The third-order valence-corrected chi connectivity index (χ3v) is 4.12. The Morgan fingerprint density at radius 2 is 2.36 bits per heavy atom. The van der Waals surface area contributed by atoms with Crippen LogP contribution in [0.4, 0.5) is 0 Å². The lowest BCUT2D eigenvalue weighted by Gasteiger charge is -2.28. The monoisotopic (exact) mass is 297 g/mol. The highest BCUT2D eigenvalue weighted by molar-refractivity contribution is 5.81. The summed E-state index contributed by atoms with van der Waals surface area (Å²) in [5, 5.41) is 3.11. The van der Waals surface area contributed by atoms with Crippen molar-refractivity contribution in [3.8, 4) is 0 Å². The molecule has 4 rings (SSSR count). The molecule has 0 saturated carbocycles. The van der Waals surface area contributed by atoms with Crippen LogP contribution in [-0.4, -0.2) is 38.6 Å². The lowest BCUT2D eigenvalue weighted by molar-refractivity contribution is -0.496. The summed E-state index contributed by atoms with van der Waals surface area (Å²) < 4.78 is 3.12. The van der Waals surface area contributed by atoms with Crippen LogP contribution in [0.15, 0.2) is 52.5 Å². The van der Waals surface area contributed by atoms with Gasteiger partial charge in [-0.2, -0.15) is 0 Å². The molecule has 4 heterocycles. The summed E-state index contributed by atoms with van der Waals surface area (Å²) in [6, 6.07) is 0. The van der Waals surface area contributed by atoms with Crippen LogP contribution in [0.3, 0.4) is 0 Å². The Balaban J connectivity index is 1.71. The molecule has 0 saturated heterocycles. The van der Waals surface area contributed by atoms with Gasteiger partial charge in [-0.05, 0) is 10.8 Å². The van der Waals surface area contributed by atoms with E-state index in [1.807, 2.05) is 30.9 Å². The van der Waals surface area contributed by atoms with E-state index in [9.17, 15) is 4.91 Å². The number of fused-ring (bicyclic) bond motifs is 2. The molecule has 7 heteroatoms. The number of hydrogen-bond acceptors (Lipinski definition) is 5. The molecule has 1 aromatic rings. The Kier molecular flexibility index (Phi) is 2.92. The van der Waals surface area contributed by atoms with Crippen LogP contribution in [-0.2, 0) is 13.0 Å². The summed E-state index contributed by atoms with van der Waals surface area (Å²) in [6.45, 7) is 3.72. The average Bonchev–Trinajstić information content (AvgIpc) is 3.18. The lowest BCUT2D eigenvalue weighted by Crippen LogP contribution is -2.37. The van der Waals surface area contributed by atoms with Crippen LogP contribution in [0.25, 0.3) is 0 Å². The van der Waals surface area contributed by atoms with Crippen molar-refractivity contribution in [2.75, 3.05) is 13.2 Å². The van der Waals surface area contributed by atoms with E-state index in [1.165, 1.54) is 0 Å². The number of aromatic nitrogens is 2. The highest BCUT2D eigenvalue weighted by Gasteiger charge is 2.37. The topological polar surface area (TPSA) is 65.5 Å². The van der Waals surface area contributed by atoms with Crippen molar-refractivity contribution < 1.29 is 4.76 Å². The molecular formula is C15H17N6O+. The van der Waals surface area contributed by atoms with Crippen molar-refractivity contribution in [2.45, 2.75) is 19.9 Å². The number of nitrogens with one attached hydrogen (secondary N) is 1. The highest BCUT2D eigenvalue weighted by Crippen LogP contribution is 2.31. The Bertz CT molecular complexity index is 767. The number of aryl methyl sites for hydroxylation is 1. The predicted molar refractivity (Wildman–Crippen MR) is 81.6 cm³/mol. The van der Waals surface area contributed by atoms with Crippen LogP contribution in [0.5, 0.6) is 0 Å². The van der Waals surface area contributed by atoms with Gasteiger partial charge < -0.3 is 9.47 Å². The molecule has 0 spiro atoms. The van der Waals surface area contributed by atoms with Crippen LogP contribution in [0, 0.1) is 4.91 Å². The van der Waals surface area contributed by atoms with Gasteiger partial charge in [-0.25, -0.2) is 10.3 Å². The number of allylic oxidation sites excluding steroid dienone is 2. The third kappa shape index (κ3) is 1.89. The van der Waals surface area contributed by atoms with E-state index in [0.717, 1.165) is 34.0 Å². The zero-order chi connectivity index (χ0) is 15.1. The predicted octanol–water partition coefficient (Wildman–Crippen LogP) is 1.12. The van der Waals surface area contributed by atoms with Crippen molar-refractivity contribution >= 4 is 6.21 Å². The first-order chi connectivity index (χ1) is 10.8. The second-order valence-electron chi connectivity index (χ2n) is 5.41. The quantitative estimate of drug-likeness (QED) is 0.849. The van der Waals surface area contributed by atoms with Crippen molar-refractivity contribution in [2.24, 2.45) is 4.99 Å². The van der Waals surface area contributed by atoms with Gasteiger partial charge in [-0.3, -0.25) is 4.99 Å². The maximum atomic E-state index is 12.1. The van der Waals surface area contributed by atoms with Crippen LogP contribution in [0.1, 0.15) is 12.7 Å². The minimum Gasteiger partial charge on any atom is -0.330 e. The van der Waals surface area contributed by atoms with E-state index in [4.69, 9.17) is 0 Å². The fourth-order valence-electron chi connectivity index (χ4n) is 3.04. The summed E-state index contributed by atoms with van der Waals surface area (Å²) >= 11 is 0. The molecule has 0 aromatic carbocycles. The SMILES string of the molecule is CCc1nccn1CC1=CC[N+](=O)C2=C1N1CN=CC1=CN2. The van der Waals surface area contributed by atoms with Gasteiger partial charge in [0, 0.05) is 24.4 Å². The maximum absolute atomic E-state index is 12.1. The molecule has 0 unspecified atom stereocenters. The molecule has 0 bridgehead atoms. The molecule has 0 fully saturated rings. The van der Waals surface area contributed by atoms with Gasteiger partial charge in [0.1, 0.15) is 30.1 Å². The zero-order valence-corrected chi connectivity index (χ0v) is 12.4. The molecule has 0 radical (unpaired) electrons. The maximum Gasteiger partial charge on any atom is 0.342 e. The minimum absolute atomic E-state index is 0.356. The number of imidazole rings is 1. The molecule has 3 aliphatic heterocycles. The second kappa shape index (κ2) is 4.94.